The maximum atomic E-state index is 12.4. The topological polar surface area (TPSA) is 81.3 Å². The fraction of sp³-hybridized carbons (Fsp3) is 0.400. The number of rotatable bonds is 5. The quantitative estimate of drug-likeness (QED) is 0.827. The molecule has 2 heterocycles. The third-order valence-electron chi connectivity index (χ3n) is 3.54. The predicted molar refractivity (Wildman–Crippen MR) is 91.5 cm³/mol. The SMILES string of the molecule is Nc1nnc(SCC(=O)N2CCOC(Cc3ccccc3)C2)s1. The van der Waals surface area contributed by atoms with E-state index in [0.29, 0.717) is 30.6 Å². The smallest absolute Gasteiger partial charge is 0.233 e. The maximum Gasteiger partial charge on any atom is 0.233 e. The Balaban J connectivity index is 1.50. The van der Waals surface area contributed by atoms with Crippen LogP contribution in [0.3, 0.4) is 0 Å². The molecule has 23 heavy (non-hydrogen) atoms. The lowest BCUT2D eigenvalue weighted by Crippen LogP contribution is -2.47. The van der Waals surface area contributed by atoms with Gasteiger partial charge in [0.25, 0.3) is 0 Å². The molecule has 3 rings (SSSR count). The molecule has 1 unspecified atom stereocenters. The van der Waals surface area contributed by atoms with Crippen LogP contribution in [-0.2, 0) is 16.0 Å². The summed E-state index contributed by atoms with van der Waals surface area (Å²) in [5, 5.41) is 8.09. The van der Waals surface area contributed by atoms with Crippen LogP contribution in [0.25, 0.3) is 0 Å². The van der Waals surface area contributed by atoms with Crippen molar-refractivity contribution < 1.29 is 9.53 Å². The average molecular weight is 350 g/mol. The number of anilines is 1. The highest BCUT2D eigenvalue weighted by molar-refractivity contribution is 8.01. The zero-order valence-electron chi connectivity index (χ0n) is 12.6. The number of amides is 1. The minimum atomic E-state index is 0.0530. The molecule has 1 atom stereocenters. The van der Waals surface area contributed by atoms with E-state index in [-0.39, 0.29) is 12.0 Å². The molecule has 1 saturated heterocycles. The van der Waals surface area contributed by atoms with E-state index in [1.165, 1.54) is 28.7 Å². The number of benzene rings is 1. The highest BCUT2D eigenvalue weighted by Crippen LogP contribution is 2.24. The highest BCUT2D eigenvalue weighted by Gasteiger charge is 2.24. The first-order valence-corrected chi connectivity index (χ1v) is 9.16. The fourth-order valence-electron chi connectivity index (χ4n) is 2.44. The Hall–Kier alpha value is -1.64. The minimum absolute atomic E-state index is 0.0530. The van der Waals surface area contributed by atoms with Gasteiger partial charge in [-0.15, -0.1) is 10.2 Å². The number of hydrogen-bond acceptors (Lipinski definition) is 7. The van der Waals surface area contributed by atoms with Gasteiger partial charge in [0.2, 0.25) is 11.0 Å². The average Bonchev–Trinajstić information content (AvgIpc) is 2.99. The fourth-order valence-corrected chi connectivity index (χ4v) is 3.98. The first kappa shape index (κ1) is 16.2. The lowest BCUT2D eigenvalue weighted by atomic mass is 10.1. The van der Waals surface area contributed by atoms with Crippen molar-refractivity contribution in [3.8, 4) is 0 Å². The maximum absolute atomic E-state index is 12.4. The van der Waals surface area contributed by atoms with E-state index in [9.17, 15) is 4.79 Å². The molecule has 1 aromatic heterocycles. The van der Waals surface area contributed by atoms with Crippen molar-refractivity contribution in [1.82, 2.24) is 15.1 Å². The zero-order valence-corrected chi connectivity index (χ0v) is 14.2. The summed E-state index contributed by atoms with van der Waals surface area (Å²) in [4.78, 5) is 14.2. The Morgan fingerprint density at radius 2 is 2.22 bits per heavy atom. The second kappa shape index (κ2) is 7.76. The van der Waals surface area contributed by atoms with E-state index in [1.54, 1.807) is 0 Å². The summed E-state index contributed by atoms with van der Waals surface area (Å²) in [6, 6.07) is 10.2. The molecule has 6 nitrogen and oxygen atoms in total. The molecule has 8 heteroatoms. The van der Waals surface area contributed by atoms with Crippen molar-refractivity contribution in [2.45, 2.75) is 16.9 Å². The molecule has 0 aliphatic carbocycles. The van der Waals surface area contributed by atoms with Gasteiger partial charge in [0.15, 0.2) is 4.34 Å². The highest BCUT2D eigenvalue weighted by atomic mass is 32.2. The van der Waals surface area contributed by atoms with Crippen LogP contribution in [0.1, 0.15) is 5.56 Å². The minimum Gasteiger partial charge on any atom is -0.374 e. The van der Waals surface area contributed by atoms with Gasteiger partial charge in [0.05, 0.1) is 18.5 Å². The second-order valence-electron chi connectivity index (χ2n) is 5.22. The Morgan fingerprint density at radius 1 is 1.39 bits per heavy atom. The van der Waals surface area contributed by atoms with Gasteiger partial charge < -0.3 is 15.4 Å². The van der Waals surface area contributed by atoms with Gasteiger partial charge in [-0.2, -0.15) is 0 Å². The van der Waals surface area contributed by atoms with Gasteiger partial charge >= 0.3 is 0 Å². The van der Waals surface area contributed by atoms with Gasteiger partial charge in [-0.25, -0.2) is 0 Å². The van der Waals surface area contributed by atoms with Gasteiger partial charge in [0.1, 0.15) is 0 Å². The van der Waals surface area contributed by atoms with Crippen LogP contribution in [0.4, 0.5) is 5.13 Å². The molecule has 1 aromatic carbocycles. The summed E-state index contributed by atoms with van der Waals surface area (Å²) in [6.07, 6.45) is 0.877. The van der Waals surface area contributed by atoms with Crippen molar-refractivity contribution >= 4 is 34.1 Å². The van der Waals surface area contributed by atoms with Crippen LogP contribution in [0.15, 0.2) is 34.7 Å². The number of nitrogen functional groups attached to an aromatic ring is 1. The van der Waals surface area contributed by atoms with E-state index in [2.05, 4.69) is 22.3 Å². The van der Waals surface area contributed by atoms with E-state index in [4.69, 9.17) is 10.5 Å². The van der Waals surface area contributed by atoms with Gasteiger partial charge in [0, 0.05) is 19.5 Å². The number of carbonyl (C=O) groups is 1. The molecule has 0 saturated carbocycles. The van der Waals surface area contributed by atoms with Crippen molar-refractivity contribution in [2.75, 3.05) is 31.2 Å². The number of carbonyl (C=O) groups excluding carboxylic acids is 1. The molecule has 1 aliphatic rings. The first-order chi connectivity index (χ1) is 11.2. The van der Waals surface area contributed by atoms with Crippen LogP contribution < -0.4 is 5.73 Å². The largest absolute Gasteiger partial charge is 0.374 e. The van der Waals surface area contributed by atoms with Crippen molar-refractivity contribution in [1.29, 1.82) is 0 Å². The van der Waals surface area contributed by atoms with Crippen LogP contribution in [0, 0.1) is 0 Å². The van der Waals surface area contributed by atoms with Gasteiger partial charge in [-0.05, 0) is 5.56 Å². The summed E-state index contributed by atoms with van der Waals surface area (Å²) in [6.45, 7) is 1.86. The standard InChI is InChI=1S/C15H18N4O2S2/c16-14-17-18-15(23-14)22-10-13(20)19-6-7-21-12(9-19)8-11-4-2-1-3-5-11/h1-5,12H,6-10H2,(H2,16,17). The number of morpholine rings is 1. The van der Waals surface area contributed by atoms with Crippen LogP contribution in [-0.4, -0.2) is 52.6 Å². The van der Waals surface area contributed by atoms with E-state index in [1.807, 2.05) is 23.1 Å². The Kier molecular flexibility index (Phi) is 5.47. The van der Waals surface area contributed by atoms with Gasteiger partial charge in [-0.1, -0.05) is 53.4 Å². The Bertz CT molecular complexity index is 650. The molecule has 122 valence electrons. The summed E-state index contributed by atoms with van der Waals surface area (Å²) < 4.78 is 6.52. The summed E-state index contributed by atoms with van der Waals surface area (Å²) in [5.74, 6) is 0.456. The molecule has 2 N–H and O–H groups in total. The van der Waals surface area contributed by atoms with E-state index < -0.39 is 0 Å². The summed E-state index contributed by atoms with van der Waals surface area (Å²) >= 11 is 2.68. The number of aromatic nitrogens is 2. The van der Waals surface area contributed by atoms with Crippen LogP contribution in [0.5, 0.6) is 0 Å². The predicted octanol–water partition coefficient (Wildman–Crippen LogP) is 1.68. The molecule has 0 radical (unpaired) electrons. The summed E-state index contributed by atoms with van der Waals surface area (Å²) in [5.41, 5.74) is 6.77. The first-order valence-electron chi connectivity index (χ1n) is 7.36. The third kappa shape index (κ3) is 4.66. The third-order valence-corrected chi connectivity index (χ3v) is 5.41. The number of hydrogen-bond donors (Lipinski definition) is 1. The molecule has 1 amide bonds. The zero-order chi connectivity index (χ0) is 16.1. The molecular weight excluding hydrogens is 332 g/mol. The molecule has 1 aliphatic heterocycles. The second-order valence-corrected chi connectivity index (χ2v) is 7.45. The molecule has 0 spiro atoms. The van der Waals surface area contributed by atoms with Crippen LogP contribution >= 0.6 is 23.1 Å². The lowest BCUT2D eigenvalue weighted by molar-refractivity contribution is -0.135. The number of nitrogens with zero attached hydrogens (tertiary/aromatic N) is 3. The molecule has 1 fully saturated rings. The van der Waals surface area contributed by atoms with Gasteiger partial charge in [-0.3, -0.25) is 4.79 Å². The lowest BCUT2D eigenvalue weighted by Gasteiger charge is -2.33. The normalized spacial score (nSPS) is 18.1. The van der Waals surface area contributed by atoms with E-state index >= 15 is 0 Å². The summed E-state index contributed by atoms with van der Waals surface area (Å²) in [7, 11) is 0. The van der Waals surface area contributed by atoms with Crippen molar-refractivity contribution in [3.63, 3.8) is 0 Å². The monoisotopic (exact) mass is 350 g/mol. The van der Waals surface area contributed by atoms with Crippen molar-refractivity contribution in [2.24, 2.45) is 0 Å². The van der Waals surface area contributed by atoms with Crippen LogP contribution in [0.2, 0.25) is 0 Å². The van der Waals surface area contributed by atoms with E-state index in [0.717, 1.165) is 10.8 Å². The molecule has 0 bridgehead atoms. The Morgan fingerprint density at radius 3 is 2.96 bits per heavy atom. The number of ether oxygens (including phenoxy) is 1. The Labute approximate surface area is 143 Å². The number of nitrogens with two attached hydrogens (primary N) is 1. The molecular formula is C15H18N4O2S2. The van der Waals surface area contributed by atoms with Crippen molar-refractivity contribution in [3.05, 3.63) is 35.9 Å². The number of thioether (sulfide) groups is 1. The molecule has 2 aromatic rings.